The van der Waals surface area contributed by atoms with Gasteiger partial charge in [-0.25, -0.2) is 8.42 Å². The zero-order valence-electron chi connectivity index (χ0n) is 18.6. The second-order valence-corrected chi connectivity index (χ2v) is 10.5. The minimum atomic E-state index is -3.53. The van der Waals surface area contributed by atoms with Crippen LogP contribution in [0.1, 0.15) is 38.2 Å². The van der Waals surface area contributed by atoms with Gasteiger partial charge in [-0.05, 0) is 47.4 Å². The lowest BCUT2D eigenvalue weighted by atomic mass is 9.93. The first-order chi connectivity index (χ1) is 15.3. The van der Waals surface area contributed by atoms with Crippen LogP contribution in [-0.2, 0) is 14.6 Å². The number of fused-ring (bicyclic) bond motifs is 1. The van der Waals surface area contributed by atoms with E-state index in [2.05, 4.69) is 13.0 Å². The number of hydrogen-bond acceptors (Lipinski definition) is 6. The van der Waals surface area contributed by atoms with Gasteiger partial charge in [-0.3, -0.25) is 0 Å². The predicted molar refractivity (Wildman–Crippen MR) is 127 cm³/mol. The largest absolute Gasteiger partial charge is 0.507 e. The second-order valence-electron chi connectivity index (χ2n) is 8.30. The summed E-state index contributed by atoms with van der Waals surface area (Å²) >= 11 is 0. The quantitative estimate of drug-likeness (QED) is 0.468. The molecule has 0 saturated heterocycles. The lowest BCUT2D eigenvalue weighted by Gasteiger charge is -2.20. The van der Waals surface area contributed by atoms with E-state index >= 15 is 0 Å². The third-order valence-electron chi connectivity index (χ3n) is 6.01. The summed E-state index contributed by atoms with van der Waals surface area (Å²) in [6.45, 7) is 1.67. The molecule has 0 spiro atoms. The van der Waals surface area contributed by atoms with E-state index < -0.39 is 27.8 Å². The normalized spacial score (nSPS) is 19.6. The minimum Gasteiger partial charge on any atom is -0.507 e. The zero-order chi connectivity index (χ0) is 23.3. The van der Waals surface area contributed by atoms with Crippen LogP contribution in [0.25, 0.3) is 16.8 Å². The van der Waals surface area contributed by atoms with E-state index in [1.54, 1.807) is 6.07 Å². The van der Waals surface area contributed by atoms with Crippen LogP contribution in [0.5, 0.6) is 5.75 Å². The molecule has 1 aliphatic rings. The molecule has 1 aliphatic heterocycles. The van der Waals surface area contributed by atoms with Gasteiger partial charge in [0.2, 0.25) is 0 Å². The predicted octanol–water partition coefficient (Wildman–Crippen LogP) is 3.60. The van der Waals surface area contributed by atoms with Gasteiger partial charge < -0.3 is 20.1 Å². The third kappa shape index (κ3) is 5.23. The molecule has 3 rings (SSSR count). The summed E-state index contributed by atoms with van der Waals surface area (Å²) in [5, 5.41) is 31.4. The lowest BCUT2D eigenvalue weighted by molar-refractivity contribution is 0.182. The summed E-state index contributed by atoms with van der Waals surface area (Å²) < 4.78 is 30.0. The Bertz CT molecular complexity index is 1120. The Hall–Kier alpha value is -2.19. The van der Waals surface area contributed by atoms with E-state index in [1.807, 2.05) is 30.3 Å². The molecule has 3 N–H and O–H groups in total. The molecule has 0 aromatic heterocycles. The Morgan fingerprint density at radius 1 is 1.19 bits per heavy atom. The number of methoxy groups -OCH3 is 1. The smallest absolute Gasteiger partial charge is 0.163 e. The summed E-state index contributed by atoms with van der Waals surface area (Å²) in [4.78, 5) is 0. The highest BCUT2D eigenvalue weighted by Gasteiger charge is 2.40. The monoisotopic (exact) mass is 460 g/mol. The molecule has 2 atom stereocenters. The van der Waals surface area contributed by atoms with Crippen molar-refractivity contribution in [3.63, 3.8) is 0 Å². The summed E-state index contributed by atoms with van der Waals surface area (Å²) in [5.41, 5.74) is 3.06. The molecule has 32 heavy (non-hydrogen) atoms. The highest BCUT2D eigenvalue weighted by molar-refractivity contribution is 7.92. The maximum atomic E-state index is 12.4. The fraction of sp³-hybridized carbons (Fsp3) is 0.440. The molecule has 6 nitrogen and oxygen atoms in total. The zero-order valence-corrected chi connectivity index (χ0v) is 19.4. The molecule has 1 heterocycles. The van der Waals surface area contributed by atoms with Gasteiger partial charge >= 0.3 is 0 Å². The van der Waals surface area contributed by atoms with Crippen molar-refractivity contribution in [3.8, 4) is 5.75 Å². The minimum absolute atomic E-state index is 0.124. The standard InChI is InChI=1S/C25H32O6S/c1-3-6-17(13-18-10-12-22(27)21-8-5-4-7-20(18)21)9-11-23(28)25-19(15-31-2)16-32(29,30)24(25)14-26/h4-5,7-8,10,12-13,23-24,26-28H,3,6,9,11,14-16H2,1-2H3/b17-13+/t23-,24+/m1/s1. The lowest BCUT2D eigenvalue weighted by Crippen LogP contribution is -2.29. The van der Waals surface area contributed by atoms with Gasteiger partial charge in [0.1, 0.15) is 11.0 Å². The van der Waals surface area contributed by atoms with Crippen LogP contribution in [0.3, 0.4) is 0 Å². The Labute approximate surface area is 189 Å². The van der Waals surface area contributed by atoms with Gasteiger partial charge in [-0.2, -0.15) is 0 Å². The van der Waals surface area contributed by atoms with E-state index in [1.165, 1.54) is 7.11 Å². The molecule has 174 valence electrons. The number of benzene rings is 2. The number of hydrogen-bond donors (Lipinski definition) is 3. The summed E-state index contributed by atoms with van der Waals surface area (Å²) in [7, 11) is -2.04. The van der Waals surface area contributed by atoms with Gasteiger partial charge in [-0.1, -0.05) is 55.3 Å². The van der Waals surface area contributed by atoms with Gasteiger partial charge in [0.25, 0.3) is 0 Å². The fourth-order valence-electron chi connectivity index (χ4n) is 4.53. The van der Waals surface area contributed by atoms with Crippen molar-refractivity contribution < 1.29 is 28.5 Å². The summed E-state index contributed by atoms with van der Waals surface area (Å²) in [6, 6.07) is 11.2. The van der Waals surface area contributed by atoms with Gasteiger partial charge in [-0.15, -0.1) is 0 Å². The third-order valence-corrected chi connectivity index (χ3v) is 8.03. The number of rotatable bonds is 10. The summed E-state index contributed by atoms with van der Waals surface area (Å²) in [5.74, 6) is 0.0515. The first kappa shape index (κ1) is 24.5. The number of ether oxygens (including phenoxy) is 1. The number of phenolic OH excluding ortho intramolecular Hbond substituents is 1. The Kier molecular flexibility index (Phi) is 8.11. The maximum Gasteiger partial charge on any atom is 0.163 e. The van der Waals surface area contributed by atoms with Crippen LogP contribution in [0.2, 0.25) is 0 Å². The van der Waals surface area contributed by atoms with E-state index in [0.29, 0.717) is 24.0 Å². The van der Waals surface area contributed by atoms with Crippen molar-refractivity contribution >= 4 is 26.7 Å². The molecular weight excluding hydrogens is 428 g/mol. The molecule has 2 aromatic carbocycles. The molecule has 7 heteroatoms. The number of aliphatic hydroxyl groups excluding tert-OH is 2. The number of allylic oxidation sites excluding steroid dienone is 1. The number of aliphatic hydroxyl groups is 2. The molecule has 0 radical (unpaired) electrons. The van der Waals surface area contributed by atoms with Gasteiger partial charge in [0.15, 0.2) is 9.84 Å². The van der Waals surface area contributed by atoms with Crippen LogP contribution in [0, 0.1) is 0 Å². The van der Waals surface area contributed by atoms with E-state index in [9.17, 15) is 23.7 Å². The van der Waals surface area contributed by atoms with E-state index in [4.69, 9.17) is 4.74 Å². The molecule has 2 aromatic rings. The van der Waals surface area contributed by atoms with Gasteiger partial charge in [0, 0.05) is 12.5 Å². The van der Waals surface area contributed by atoms with Crippen LogP contribution >= 0.6 is 0 Å². The highest BCUT2D eigenvalue weighted by Crippen LogP contribution is 2.33. The number of sulfone groups is 1. The molecule has 0 aliphatic carbocycles. The van der Waals surface area contributed by atoms with Crippen LogP contribution in [0.15, 0.2) is 53.1 Å². The number of aromatic hydroxyl groups is 1. The van der Waals surface area contributed by atoms with E-state index in [-0.39, 0.29) is 18.1 Å². The topological polar surface area (TPSA) is 104 Å². The Balaban J connectivity index is 1.86. The molecule has 0 saturated carbocycles. The van der Waals surface area contributed by atoms with Crippen molar-refractivity contribution in [2.75, 3.05) is 26.1 Å². The molecule has 0 fully saturated rings. The Morgan fingerprint density at radius 3 is 2.56 bits per heavy atom. The van der Waals surface area contributed by atoms with Crippen LogP contribution in [-0.4, -0.2) is 61.2 Å². The molecule has 0 unspecified atom stereocenters. The average Bonchev–Trinajstić information content (AvgIpc) is 3.03. The average molecular weight is 461 g/mol. The summed E-state index contributed by atoms with van der Waals surface area (Å²) in [6.07, 6.45) is 3.85. The second kappa shape index (κ2) is 10.6. The first-order valence-corrected chi connectivity index (χ1v) is 12.6. The molecular formula is C25H32O6S. The van der Waals surface area contributed by atoms with Crippen molar-refractivity contribution in [1.29, 1.82) is 0 Å². The SMILES string of the molecule is CCC/C(=C\c1ccc(O)c2ccccc12)CC[C@@H](O)C1=C(COC)CS(=O)(=O)[C@H]1CO. The first-order valence-electron chi connectivity index (χ1n) is 10.9. The van der Waals surface area contributed by atoms with Gasteiger partial charge in [0.05, 0.1) is 25.1 Å². The van der Waals surface area contributed by atoms with Crippen molar-refractivity contribution in [2.45, 2.75) is 44.0 Å². The number of phenols is 1. The van der Waals surface area contributed by atoms with Crippen molar-refractivity contribution in [2.24, 2.45) is 0 Å². The molecule has 0 bridgehead atoms. The van der Waals surface area contributed by atoms with Crippen LogP contribution < -0.4 is 0 Å². The molecule has 0 amide bonds. The Morgan fingerprint density at radius 2 is 1.91 bits per heavy atom. The van der Waals surface area contributed by atoms with Crippen molar-refractivity contribution in [3.05, 3.63) is 58.7 Å². The van der Waals surface area contributed by atoms with Crippen LogP contribution in [0.4, 0.5) is 0 Å². The maximum absolute atomic E-state index is 12.4. The highest BCUT2D eigenvalue weighted by atomic mass is 32.2. The van der Waals surface area contributed by atoms with E-state index in [0.717, 1.165) is 34.8 Å². The fourth-order valence-corrected chi connectivity index (χ4v) is 6.40. The van der Waals surface area contributed by atoms with Crippen molar-refractivity contribution in [1.82, 2.24) is 0 Å².